The van der Waals surface area contributed by atoms with E-state index in [0.717, 1.165) is 22.5 Å². The van der Waals surface area contributed by atoms with E-state index in [2.05, 4.69) is 9.97 Å². The minimum atomic E-state index is -6.00. The van der Waals surface area contributed by atoms with Crippen LogP contribution in [-0.4, -0.2) is 57.3 Å². The summed E-state index contributed by atoms with van der Waals surface area (Å²) in [5.41, 5.74) is -2.48. The molecule has 0 aromatic carbocycles. The number of pyridine rings is 3. The van der Waals surface area contributed by atoms with Crippen LogP contribution in [0.2, 0.25) is 0 Å². The first-order chi connectivity index (χ1) is 18.2. The highest BCUT2D eigenvalue weighted by atomic mass is 19.4. The minimum Gasteiger partial charge on any atom is -0.391 e. The van der Waals surface area contributed by atoms with Crippen molar-refractivity contribution in [3.8, 4) is 5.82 Å². The second-order valence-corrected chi connectivity index (χ2v) is 8.71. The summed E-state index contributed by atoms with van der Waals surface area (Å²) in [5, 5.41) is 10.9. The van der Waals surface area contributed by atoms with Gasteiger partial charge in [-0.1, -0.05) is 6.92 Å². The number of hydrogen-bond acceptors (Lipinski definition) is 5. The van der Waals surface area contributed by atoms with Crippen molar-refractivity contribution >= 4 is 28.7 Å². The maximum Gasteiger partial charge on any atom is 0.455 e. The second kappa shape index (κ2) is 9.91. The monoisotopic (exact) mass is 562 g/mol. The number of carbonyl (C=O) groups excluding carboxylic acids is 2. The first-order valence-electron chi connectivity index (χ1n) is 11.3. The van der Waals surface area contributed by atoms with Gasteiger partial charge in [0.05, 0.1) is 24.5 Å². The van der Waals surface area contributed by atoms with Crippen LogP contribution in [0.1, 0.15) is 30.1 Å². The zero-order valence-electron chi connectivity index (χ0n) is 19.8. The van der Waals surface area contributed by atoms with Crippen molar-refractivity contribution in [3.63, 3.8) is 0 Å². The van der Waals surface area contributed by atoms with Crippen molar-refractivity contribution < 1.29 is 50.4 Å². The van der Waals surface area contributed by atoms with Crippen molar-refractivity contribution in [2.24, 2.45) is 0 Å². The quantitative estimate of drug-likeness (QED) is 0.447. The molecule has 1 unspecified atom stereocenters. The van der Waals surface area contributed by atoms with Crippen molar-refractivity contribution in [1.82, 2.24) is 14.9 Å². The van der Waals surface area contributed by atoms with Crippen molar-refractivity contribution in [2.45, 2.75) is 44.0 Å². The standard InChI is InChI=1S/C23H18F7N5O4/c1-2-15(22(26,27)23(28,29)30)32-21(39)13-9-35(20-14(25)5-10(24)7-31-20)19-12(18(13)38)3-4-16(33-19)34-8-11(36)6-17(34)37/h3-5,7,9,11,15,36H,2,6,8H2,1H3,(H,32,39)/p+1/t11-,15?/m0/s1. The maximum atomic E-state index is 14.7. The molecule has 1 fully saturated rings. The topological polar surface area (TPSA) is 119 Å². The van der Waals surface area contributed by atoms with E-state index in [4.69, 9.17) is 0 Å². The summed E-state index contributed by atoms with van der Waals surface area (Å²) < 4.78 is 95.6. The molecule has 1 aliphatic heterocycles. The summed E-state index contributed by atoms with van der Waals surface area (Å²) in [6, 6.07) is -0.0514. The molecular formula is C23H19F7N5O4+. The van der Waals surface area contributed by atoms with Gasteiger partial charge in [0.2, 0.25) is 22.8 Å². The van der Waals surface area contributed by atoms with Gasteiger partial charge in [0.25, 0.3) is 5.91 Å². The number of H-pyrrole nitrogens is 1. The van der Waals surface area contributed by atoms with E-state index in [1.807, 2.05) is 0 Å². The summed E-state index contributed by atoms with van der Waals surface area (Å²) in [7, 11) is 0. The lowest BCUT2D eigenvalue weighted by Gasteiger charge is -2.28. The number of β-amino-alcohol motifs (C(OH)–C–C–N with tert-alkyl or cyclic N) is 1. The van der Waals surface area contributed by atoms with Crippen LogP contribution >= 0.6 is 0 Å². The van der Waals surface area contributed by atoms with E-state index in [9.17, 15) is 50.2 Å². The fourth-order valence-corrected chi connectivity index (χ4v) is 4.09. The Balaban J connectivity index is 1.90. The number of nitrogens with zero attached hydrogens (tertiary/aromatic N) is 3. The molecule has 0 bridgehead atoms. The first-order valence-corrected chi connectivity index (χ1v) is 11.3. The number of aromatic nitrogens is 3. The Labute approximate surface area is 213 Å². The van der Waals surface area contributed by atoms with E-state index < -0.39 is 76.3 Å². The summed E-state index contributed by atoms with van der Waals surface area (Å²) >= 11 is 0. The lowest BCUT2D eigenvalue weighted by atomic mass is 10.1. The molecule has 0 spiro atoms. The fraction of sp³-hybridized carbons (Fsp3) is 0.348. The number of fused-ring (bicyclic) bond motifs is 1. The molecule has 2 amide bonds. The number of aliphatic hydroxyl groups is 1. The Morgan fingerprint density at radius 2 is 1.92 bits per heavy atom. The zero-order valence-corrected chi connectivity index (χ0v) is 19.8. The molecule has 16 heteroatoms. The van der Waals surface area contributed by atoms with Gasteiger partial charge in [-0.3, -0.25) is 19.3 Å². The Kier molecular flexibility index (Phi) is 7.10. The van der Waals surface area contributed by atoms with Crippen LogP contribution < -0.4 is 20.6 Å². The Hall–Kier alpha value is -4.08. The van der Waals surface area contributed by atoms with Gasteiger partial charge in [-0.2, -0.15) is 35.9 Å². The van der Waals surface area contributed by atoms with E-state index in [1.54, 1.807) is 0 Å². The first kappa shape index (κ1) is 27.9. The number of nitrogens with one attached hydrogen (secondary N) is 2. The minimum absolute atomic E-state index is 0.0761. The molecule has 208 valence electrons. The van der Waals surface area contributed by atoms with Crippen LogP contribution in [0.5, 0.6) is 0 Å². The number of alkyl halides is 5. The second-order valence-electron chi connectivity index (χ2n) is 8.71. The Morgan fingerprint density at radius 1 is 1.23 bits per heavy atom. The van der Waals surface area contributed by atoms with Gasteiger partial charge in [-0.15, -0.1) is 0 Å². The zero-order chi connectivity index (χ0) is 28.9. The number of anilines is 1. The average molecular weight is 562 g/mol. The molecule has 39 heavy (non-hydrogen) atoms. The molecule has 0 aliphatic carbocycles. The summed E-state index contributed by atoms with van der Waals surface area (Å²) in [6.07, 6.45) is -6.73. The maximum absolute atomic E-state index is 14.7. The van der Waals surface area contributed by atoms with Crippen LogP contribution in [0, 0.1) is 11.6 Å². The van der Waals surface area contributed by atoms with Gasteiger partial charge in [-0.05, 0) is 18.6 Å². The van der Waals surface area contributed by atoms with Crippen molar-refractivity contribution in [3.05, 3.63) is 58.0 Å². The van der Waals surface area contributed by atoms with Gasteiger partial charge in [-0.25, -0.2) is 9.37 Å². The SMILES string of the molecule is CCC(NC(=O)c1cn(-c2[nH+]cc(F)cc2F)c2nc(N3C[C@@H](O)CC3=O)ccc2c1=O)C(F)(F)C(F)(F)F. The van der Waals surface area contributed by atoms with Gasteiger partial charge >= 0.3 is 17.9 Å². The molecule has 3 aromatic rings. The number of halogens is 7. The van der Waals surface area contributed by atoms with E-state index in [0.29, 0.717) is 18.5 Å². The Bertz CT molecular complexity index is 1530. The Morgan fingerprint density at radius 3 is 2.49 bits per heavy atom. The van der Waals surface area contributed by atoms with Crippen molar-refractivity contribution in [2.75, 3.05) is 11.4 Å². The predicted octanol–water partition coefficient (Wildman–Crippen LogP) is 2.28. The van der Waals surface area contributed by atoms with Crippen LogP contribution in [0.25, 0.3) is 16.9 Å². The number of rotatable bonds is 6. The molecule has 9 nitrogen and oxygen atoms in total. The van der Waals surface area contributed by atoms with Gasteiger partial charge in [0.15, 0.2) is 5.82 Å². The molecular weight excluding hydrogens is 543 g/mol. The molecule has 4 rings (SSSR count). The van der Waals surface area contributed by atoms with Gasteiger partial charge in [0.1, 0.15) is 29.8 Å². The lowest BCUT2D eigenvalue weighted by molar-refractivity contribution is -0.378. The molecule has 3 N–H and O–H groups in total. The third-order valence-corrected chi connectivity index (χ3v) is 6.07. The number of aromatic amines is 1. The van der Waals surface area contributed by atoms with Crippen LogP contribution in [0.4, 0.5) is 36.6 Å². The lowest BCUT2D eigenvalue weighted by Crippen LogP contribution is -2.55. The predicted molar refractivity (Wildman–Crippen MR) is 119 cm³/mol. The van der Waals surface area contributed by atoms with Crippen molar-refractivity contribution in [1.29, 1.82) is 0 Å². The molecule has 1 saturated heterocycles. The highest BCUT2D eigenvalue weighted by Crippen LogP contribution is 2.39. The summed E-state index contributed by atoms with van der Waals surface area (Å²) in [5.74, 6) is -10.4. The molecule has 0 saturated carbocycles. The van der Waals surface area contributed by atoms with Crippen LogP contribution in [-0.2, 0) is 4.79 Å². The largest absolute Gasteiger partial charge is 0.455 e. The number of aliphatic hydroxyl groups excluding tert-OH is 1. The van der Waals surface area contributed by atoms with Crippen LogP contribution in [0.15, 0.2) is 35.4 Å². The molecule has 2 atom stereocenters. The molecule has 0 radical (unpaired) electrons. The van der Waals surface area contributed by atoms with E-state index >= 15 is 0 Å². The number of amides is 2. The van der Waals surface area contributed by atoms with E-state index in [-0.39, 0.29) is 24.4 Å². The molecule has 3 aromatic heterocycles. The summed E-state index contributed by atoms with van der Waals surface area (Å²) in [4.78, 5) is 45.7. The fourth-order valence-electron chi connectivity index (χ4n) is 4.09. The number of carbonyl (C=O) groups is 2. The third kappa shape index (κ3) is 5.03. The van der Waals surface area contributed by atoms with Gasteiger partial charge < -0.3 is 10.4 Å². The van der Waals surface area contributed by atoms with E-state index in [1.165, 1.54) is 11.4 Å². The molecule has 1 aliphatic rings. The average Bonchev–Trinajstić information content (AvgIpc) is 3.19. The smallest absolute Gasteiger partial charge is 0.391 e. The normalized spacial score (nSPS) is 17.1. The third-order valence-electron chi connectivity index (χ3n) is 6.07. The van der Waals surface area contributed by atoms with Crippen LogP contribution in [0.3, 0.4) is 0 Å². The molecule has 4 heterocycles. The number of hydrogen-bond donors (Lipinski definition) is 2. The summed E-state index contributed by atoms with van der Waals surface area (Å²) in [6.45, 7) is 0.819. The van der Waals surface area contributed by atoms with Gasteiger partial charge in [0, 0.05) is 6.07 Å². The highest BCUT2D eigenvalue weighted by Gasteiger charge is 2.62. The highest BCUT2D eigenvalue weighted by molar-refractivity contribution is 5.99.